The summed E-state index contributed by atoms with van der Waals surface area (Å²) in [6.45, 7) is 6.77. The van der Waals surface area contributed by atoms with Crippen LogP contribution < -0.4 is 5.32 Å². The van der Waals surface area contributed by atoms with E-state index in [-0.39, 0.29) is 23.7 Å². The van der Waals surface area contributed by atoms with Crippen LogP contribution in [-0.4, -0.2) is 45.2 Å². The molecule has 40 heavy (non-hydrogen) atoms. The number of carbonyl (C=O) groups excluding carboxylic acids is 1. The van der Waals surface area contributed by atoms with Crippen LogP contribution in [0.15, 0.2) is 70.9 Å². The van der Waals surface area contributed by atoms with E-state index in [1.165, 1.54) is 23.2 Å². The molecule has 1 fully saturated rings. The number of hydrogen-bond donors (Lipinski definition) is 2. The van der Waals surface area contributed by atoms with Crippen molar-refractivity contribution in [3.8, 4) is 0 Å². The van der Waals surface area contributed by atoms with Gasteiger partial charge in [0.15, 0.2) is 0 Å². The number of nitrogens with one attached hydrogen (secondary N) is 1. The fraction of sp³-hybridized carbons (Fsp3) is 0.290. The number of carboxylic acid groups (broad SMARTS) is 1. The first-order valence-corrected chi connectivity index (χ1v) is 13.3. The van der Waals surface area contributed by atoms with Crippen molar-refractivity contribution < 1.29 is 23.6 Å². The van der Waals surface area contributed by atoms with Crippen LogP contribution in [0.4, 0.5) is 9.18 Å². The normalized spacial score (nSPS) is 14.4. The van der Waals surface area contributed by atoms with Crippen LogP contribution in [0.2, 0.25) is 0 Å². The summed E-state index contributed by atoms with van der Waals surface area (Å²) in [5, 5.41) is 17.2. The molecule has 0 spiro atoms. The van der Waals surface area contributed by atoms with Gasteiger partial charge in [-0.15, -0.1) is 0 Å². The van der Waals surface area contributed by atoms with Crippen LogP contribution in [0.1, 0.15) is 78.3 Å². The Morgan fingerprint density at radius 1 is 0.975 bits per heavy atom. The Hall–Kier alpha value is -4.53. The highest BCUT2D eigenvalue weighted by molar-refractivity contribution is 5.97. The Kier molecular flexibility index (Phi) is 7.64. The number of halogens is 1. The molecule has 0 saturated carbocycles. The number of hydrogen-bond acceptors (Lipinski definition) is 5. The van der Waals surface area contributed by atoms with Crippen LogP contribution in [-0.2, 0) is 0 Å². The quantitative estimate of drug-likeness (QED) is 0.286. The molecule has 0 bridgehead atoms. The maximum Gasteiger partial charge on any atom is 0.407 e. The van der Waals surface area contributed by atoms with Crippen molar-refractivity contribution in [3.63, 3.8) is 0 Å². The molecule has 2 N–H and O–H groups in total. The summed E-state index contributed by atoms with van der Waals surface area (Å²) < 4.78 is 19.0. The monoisotopic (exact) mass is 542 g/mol. The number of aromatic nitrogens is 2. The molecule has 3 heterocycles. The summed E-state index contributed by atoms with van der Waals surface area (Å²) in [6.07, 6.45) is 1.78. The van der Waals surface area contributed by atoms with Gasteiger partial charge in [-0.3, -0.25) is 4.79 Å². The average Bonchev–Trinajstić information content (AvgIpc) is 3.38. The van der Waals surface area contributed by atoms with Crippen molar-refractivity contribution in [2.45, 2.75) is 45.6 Å². The van der Waals surface area contributed by atoms with Gasteiger partial charge in [0.2, 0.25) is 0 Å². The fourth-order valence-electron chi connectivity index (χ4n) is 5.10. The number of carbonyl (C=O) groups is 2. The molecule has 5 rings (SSSR count). The molecule has 1 aliphatic rings. The van der Waals surface area contributed by atoms with Crippen LogP contribution in [0, 0.1) is 5.82 Å². The SMILES string of the molecule is CC(C)c1noc2ncc(C(=O)N[C@H](C)c3ccc(C(=C4CCN(C(=O)O)CC4)c4ccc(F)cc4)cc3)cc12. The summed E-state index contributed by atoms with van der Waals surface area (Å²) in [6, 6.07) is 15.8. The van der Waals surface area contributed by atoms with Crippen molar-refractivity contribution in [2.24, 2.45) is 0 Å². The minimum Gasteiger partial charge on any atom is -0.465 e. The third kappa shape index (κ3) is 5.59. The summed E-state index contributed by atoms with van der Waals surface area (Å²) in [7, 11) is 0. The number of pyridine rings is 1. The van der Waals surface area contributed by atoms with Crippen molar-refractivity contribution in [3.05, 3.63) is 100 Å². The summed E-state index contributed by atoms with van der Waals surface area (Å²) in [5.41, 5.74) is 6.48. The first-order valence-electron chi connectivity index (χ1n) is 13.3. The van der Waals surface area contributed by atoms with Gasteiger partial charge in [0.1, 0.15) is 5.82 Å². The van der Waals surface area contributed by atoms with Gasteiger partial charge >= 0.3 is 6.09 Å². The van der Waals surface area contributed by atoms with Gasteiger partial charge in [-0.25, -0.2) is 14.2 Å². The van der Waals surface area contributed by atoms with E-state index >= 15 is 0 Å². The lowest BCUT2D eigenvalue weighted by Crippen LogP contribution is -2.35. The van der Waals surface area contributed by atoms with Gasteiger partial charge in [-0.1, -0.05) is 61.0 Å². The molecule has 9 heteroatoms. The fourth-order valence-corrected chi connectivity index (χ4v) is 5.10. The first kappa shape index (κ1) is 27.1. The number of piperidine rings is 1. The highest BCUT2D eigenvalue weighted by Crippen LogP contribution is 2.33. The Balaban J connectivity index is 1.37. The Labute approximate surface area is 231 Å². The molecular weight excluding hydrogens is 511 g/mol. The minimum absolute atomic E-state index is 0.137. The van der Waals surface area contributed by atoms with E-state index in [0.29, 0.717) is 37.2 Å². The molecule has 1 saturated heterocycles. The molecule has 1 atom stereocenters. The molecule has 2 aromatic heterocycles. The zero-order valence-corrected chi connectivity index (χ0v) is 22.6. The van der Waals surface area contributed by atoms with Gasteiger partial charge in [0, 0.05) is 19.3 Å². The van der Waals surface area contributed by atoms with E-state index in [1.54, 1.807) is 18.2 Å². The number of amides is 2. The number of rotatable bonds is 6. The Morgan fingerprint density at radius 3 is 2.20 bits per heavy atom. The summed E-state index contributed by atoms with van der Waals surface area (Å²) >= 11 is 0. The Morgan fingerprint density at radius 2 is 1.60 bits per heavy atom. The second kappa shape index (κ2) is 11.3. The predicted octanol–water partition coefficient (Wildman–Crippen LogP) is 6.55. The molecule has 2 amide bonds. The molecule has 4 aromatic rings. The van der Waals surface area contributed by atoms with Gasteiger partial charge in [-0.05, 0) is 66.1 Å². The lowest BCUT2D eigenvalue weighted by atomic mass is 9.88. The van der Waals surface area contributed by atoms with E-state index in [1.807, 2.05) is 45.0 Å². The van der Waals surface area contributed by atoms with Crippen LogP contribution >= 0.6 is 0 Å². The maximum atomic E-state index is 13.7. The lowest BCUT2D eigenvalue weighted by Gasteiger charge is -2.28. The van der Waals surface area contributed by atoms with E-state index in [2.05, 4.69) is 15.5 Å². The second-order valence-corrected chi connectivity index (χ2v) is 10.4. The number of benzene rings is 2. The van der Waals surface area contributed by atoms with Crippen LogP contribution in [0.25, 0.3) is 16.7 Å². The van der Waals surface area contributed by atoms with Crippen molar-refractivity contribution in [1.29, 1.82) is 0 Å². The summed E-state index contributed by atoms with van der Waals surface area (Å²) in [4.78, 5) is 30.1. The highest BCUT2D eigenvalue weighted by Gasteiger charge is 2.22. The van der Waals surface area contributed by atoms with Crippen LogP contribution in [0.5, 0.6) is 0 Å². The molecule has 206 valence electrons. The molecule has 1 aliphatic heterocycles. The molecule has 0 aliphatic carbocycles. The van der Waals surface area contributed by atoms with E-state index in [0.717, 1.165) is 38.9 Å². The molecule has 8 nitrogen and oxygen atoms in total. The van der Waals surface area contributed by atoms with Crippen molar-refractivity contribution >= 4 is 28.7 Å². The van der Waals surface area contributed by atoms with Crippen molar-refractivity contribution in [2.75, 3.05) is 13.1 Å². The van der Waals surface area contributed by atoms with Crippen molar-refractivity contribution in [1.82, 2.24) is 20.4 Å². The van der Waals surface area contributed by atoms with E-state index < -0.39 is 6.09 Å². The third-order valence-electron chi connectivity index (χ3n) is 7.34. The molecule has 2 aromatic carbocycles. The predicted molar refractivity (Wildman–Crippen MR) is 149 cm³/mol. The van der Waals surface area contributed by atoms with Crippen LogP contribution in [0.3, 0.4) is 0 Å². The largest absolute Gasteiger partial charge is 0.465 e. The average molecular weight is 543 g/mol. The molecular formula is C31H31FN4O4. The molecule has 0 radical (unpaired) electrons. The summed E-state index contributed by atoms with van der Waals surface area (Å²) in [5.74, 6) is -0.424. The third-order valence-corrected chi connectivity index (χ3v) is 7.34. The lowest BCUT2D eigenvalue weighted by molar-refractivity contribution is 0.0939. The number of nitrogens with zero attached hydrogens (tertiary/aromatic N) is 3. The van der Waals surface area contributed by atoms with E-state index in [4.69, 9.17) is 4.52 Å². The number of likely N-dealkylation sites (tertiary alicyclic amines) is 1. The molecule has 0 unspecified atom stereocenters. The zero-order valence-electron chi connectivity index (χ0n) is 22.6. The highest BCUT2D eigenvalue weighted by atomic mass is 19.1. The topological polar surface area (TPSA) is 109 Å². The Bertz CT molecular complexity index is 1570. The first-order chi connectivity index (χ1) is 19.2. The second-order valence-electron chi connectivity index (χ2n) is 10.4. The minimum atomic E-state index is -0.916. The maximum absolute atomic E-state index is 13.7. The van der Waals surface area contributed by atoms with E-state index in [9.17, 15) is 19.1 Å². The smallest absolute Gasteiger partial charge is 0.407 e. The van der Waals surface area contributed by atoms with Gasteiger partial charge in [-0.2, -0.15) is 0 Å². The van der Waals surface area contributed by atoms with Gasteiger partial charge in [0.25, 0.3) is 11.6 Å². The van der Waals surface area contributed by atoms with Gasteiger partial charge < -0.3 is 19.8 Å². The van der Waals surface area contributed by atoms with Gasteiger partial charge in [0.05, 0.1) is 22.7 Å². The number of fused-ring (bicyclic) bond motifs is 1. The standard InChI is InChI=1S/C31H31FN4O4/c1-18(2)28-26-16-24(17-33-30(26)40-35-28)29(37)34-19(3)20-4-6-21(7-5-20)27(22-8-10-25(32)11-9-22)23-12-14-36(15-13-23)31(38)39/h4-11,16-19H,12-15H2,1-3H3,(H,34,37)(H,38,39)/t19-/m1/s1. The zero-order chi connectivity index (χ0) is 28.4.